The molecule has 3 heteroatoms. The highest BCUT2D eigenvalue weighted by atomic mass is 32.2. The summed E-state index contributed by atoms with van der Waals surface area (Å²) in [6, 6.07) is 17.2. The Balaban J connectivity index is 2.06. The second-order valence-electron chi connectivity index (χ2n) is 16.1. The van der Waals surface area contributed by atoms with E-state index >= 15 is 0 Å². The second kappa shape index (κ2) is 14.0. The van der Waals surface area contributed by atoms with E-state index in [2.05, 4.69) is 139 Å². The summed E-state index contributed by atoms with van der Waals surface area (Å²) >= 11 is 1.78. The molecule has 2 nitrogen and oxygen atoms in total. The summed E-state index contributed by atoms with van der Waals surface area (Å²) in [7, 11) is 0. The molecule has 40 heavy (non-hydrogen) atoms. The molecule has 0 heterocycles. The van der Waals surface area contributed by atoms with Gasteiger partial charge >= 0.3 is 0 Å². The van der Waals surface area contributed by atoms with Gasteiger partial charge in [-0.2, -0.15) is 0 Å². The van der Waals surface area contributed by atoms with E-state index in [4.69, 9.17) is 9.47 Å². The molecule has 0 bridgehead atoms. The Labute approximate surface area is 252 Å². The van der Waals surface area contributed by atoms with E-state index < -0.39 is 0 Å². The summed E-state index contributed by atoms with van der Waals surface area (Å²) in [4.78, 5) is 2.43. The summed E-state index contributed by atoms with van der Waals surface area (Å²) in [5.74, 6) is 2.53. The molecule has 0 aliphatic heterocycles. The van der Waals surface area contributed by atoms with E-state index in [1.165, 1.54) is 9.79 Å². The van der Waals surface area contributed by atoms with Gasteiger partial charge in [-0.05, 0) is 102 Å². The third kappa shape index (κ3) is 12.9. The lowest BCUT2D eigenvalue weighted by molar-refractivity contribution is 0.0756. The molecule has 2 unspecified atom stereocenters. The monoisotopic (exact) mass is 568 g/mol. The zero-order valence-corrected chi connectivity index (χ0v) is 28.9. The fraction of sp³-hybridized carbons (Fsp3) is 0.676. The van der Waals surface area contributed by atoms with Crippen molar-refractivity contribution >= 4 is 11.8 Å². The molecule has 0 aromatic heterocycles. The van der Waals surface area contributed by atoms with Gasteiger partial charge in [0.05, 0.1) is 12.2 Å². The zero-order valence-electron chi connectivity index (χ0n) is 28.1. The van der Waals surface area contributed by atoms with Gasteiger partial charge in [0.25, 0.3) is 0 Å². The minimum absolute atomic E-state index is 0.202. The van der Waals surface area contributed by atoms with E-state index in [-0.39, 0.29) is 33.9 Å². The molecule has 0 saturated carbocycles. The van der Waals surface area contributed by atoms with Crippen LogP contribution in [-0.4, -0.2) is 12.2 Å². The van der Waals surface area contributed by atoms with E-state index in [9.17, 15) is 0 Å². The Morgan fingerprint density at radius 2 is 0.950 bits per heavy atom. The maximum absolute atomic E-state index is 6.59. The highest BCUT2D eigenvalue weighted by Gasteiger charge is 2.30. The maximum atomic E-state index is 6.59. The molecule has 0 aliphatic carbocycles. The van der Waals surface area contributed by atoms with Crippen LogP contribution in [0, 0.1) is 27.6 Å². The van der Waals surface area contributed by atoms with Gasteiger partial charge in [0.2, 0.25) is 0 Å². The van der Waals surface area contributed by atoms with Crippen molar-refractivity contribution in [3.63, 3.8) is 0 Å². The molecular weight excluding hydrogens is 508 g/mol. The van der Waals surface area contributed by atoms with Crippen LogP contribution in [0.5, 0.6) is 11.5 Å². The SMILES string of the molecule is CCC(C)(C)CC(CC(C)(C)C)Oc1ccc(Sc2ccc(OC(CC(C)(C)C)CC(C)(C)C(C)C)cc2)cc1. The predicted octanol–water partition coefficient (Wildman–Crippen LogP) is 12.1. The molecule has 2 aromatic rings. The van der Waals surface area contributed by atoms with Crippen LogP contribution in [0.15, 0.2) is 58.3 Å². The average molecular weight is 569 g/mol. The van der Waals surface area contributed by atoms with Crippen LogP contribution in [0.1, 0.15) is 122 Å². The van der Waals surface area contributed by atoms with Crippen molar-refractivity contribution in [2.24, 2.45) is 27.6 Å². The lowest BCUT2D eigenvalue weighted by Crippen LogP contribution is -2.32. The molecule has 2 rings (SSSR count). The molecule has 0 amide bonds. The molecule has 0 aliphatic rings. The van der Waals surface area contributed by atoms with Crippen molar-refractivity contribution in [1.82, 2.24) is 0 Å². The van der Waals surface area contributed by atoms with Gasteiger partial charge in [0.1, 0.15) is 11.5 Å². The van der Waals surface area contributed by atoms with E-state index in [0.717, 1.165) is 43.6 Å². The summed E-state index contributed by atoms with van der Waals surface area (Å²) < 4.78 is 13.1. The van der Waals surface area contributed by atoms with Crippen molar-refractivity contribution in [2.45, 2.75) is 144 Å². The highest BCUT2D eigenvalue weighted by Crippen LogP contribution is 2.38. The van der Waals surface area contributed by atoms with Gasteiger partial charge in [0.15, 0.2) is 0 Å². The second-order valence-corrected chi connectivity index (χ2v) is 17.3. The Morgan fingerprint density at radius 1 is 0.575 bits per heavy atom. The molecule has 226 valence electrons. The van der Waals surface area contributed by atoms with Crippen LogP contribution in [0.4, 0.5) is 0 Å². The first-order chi connectivity index (χ1) is 18.3. The average Bonchev–Trinajstić information content (AvgIpc) is 2.79. The third-order valence-corrected chi connectivity index (χ3v) is 9.24. The van der Waals surface area contributed by atoms with E-state index in [0.29, 0.717) is 5.92 Å². The molecule has 0 fully saturated rings. The van der Waals surface area contributed by atoms with Gasteiger partial charge in [0, 0.05) is 9.79 Å². The maximum Gasteiger partial charge on any atom is 0.119 e. The Hall–Kier alpha value is -1.61. The van der Waals surface area contributed by atoms with Crippen LogP contribution < -0.4 is 9.47 Å². The molecular formula is C37H60O2S. The molecule has 0 saturated heterocycles. The van der Waals surface area contributed by atoms with Crippen LogP contribution >= 0.6 is 11.8 Å². The first-order valence-corrected chi connectivity index (χ1v) is 16.3. The van der Waals surface area contributed by atoms with Crippen LogP contribution in [-0.2, 0) is 0 Å². The topological polar surface area (TPSA) is 18.5 Å². The van der Waals surface area contributed by atoms with Gasteiger partial charge in [-0.25, -0.2) is 0 Å². The quantitative estimate of drug-likeness (QED) is 0.226. The van der Waals surface area contributed by atoms with E-state index in [1.807, 2.05) is 0 Å². The number of benzene rings is 2. The number of hydrogen-bond acceptors (Lipinski definition) is 3. The van der Waals surface area contributed by atoms with Crippen LogP contribution in [0.3, 0.4) is 0 Å². The van der Waals surface area contributed by atoms with Crippen molar-refractivity contribution in [3.05, 3.63) is 48.5 Å². The minimum Gasteiger partial charge on any atom is -0.490 e. The summed E-state index contributed by atoms with van der Waals surface area (Å²) in [6.07, 6.45) is 5.79. The zero-order chi connectivity index (χ0) is 30.4. The van der Waals surface area contributed by atoms with Crippen molar-refractivity contribution in [3.8, 4) is 11.5 Å². The lowest BCUT2D eigenvalue weighted by Gasteiger charge is -2.36. The van der Waals surface area contributed by atoms with Crippen molar-refractivity contribution in [2.75, 3.05) is 0 Å². The third-order valence-electron chi connectivity index (χ3n) is 8.22. The molecule has 0 radical (unpaired) electrons. The fourth-order valence-corrected chi connectivity index (χ4v) is 5.77. The number of ether oxygens (including phenoxy) is 2. The number of hydrogen-bond donors (Lipinski definition) is 0. The standard InChI is InChI=1S/C37H60O2S/c1-14-36(10,11)25-30(23-34(4,5)6)38-28-15-19-32(20-16-28)40-33-21-17-29(18-22-33)39-31(24-35(7,8)9)26-37(12,13)27(2)3/h15-22,27,30-31H,14,23-26H2,1-13H3. The first kappa shape index (κ1) is 34.6. The van der Waals surface area contributed by atoms with E-state index in [1.54, 1.807) is 11.8 Å². The summed E-state index contributed by atoms with van der Waals surface area (Å²) in [6.45, 7) is 30.1. The molecule has 0 spiro atoms. The molecule has 2 atom stereocenters. The van der Waals surface area contributed by atoms with Crippen molar-refractivity contribution in [1.29, 1.82) is 0 Å². The predicted molar refractivity (Wildman–Crippen MR) is 176 cm³/mol. The normalized spacial score (nSPS) is 14.8. The first-order valence-electron chi connectivity index (χ1n) is 15.5. The van der Waals surface area contributed by atoms with Crippen molar-refractivity contribution < 1.29 is 9.47 Å². The van der Waals surface area contributed by atoms with Crippen LogP contribution in [0.25, 0.3) is 0 Å². The Kier molecular flexibility index (Phi) is 12.1. The van der Waals surface area contributed by atoms with Gasteiger partial charge < -0.3 is 9.47 Å². The van der Waals surface area contributed by atoms with Gasteiger partial charge in [-0.1, -0.05) is 108 Å². The van der Waals surface area contributed by atoms with Gasteiger partial charge in [-0.15, -0.1) is 0 Å². The smallest absolute Gasteiger partial charge is 0.119 e. The lowest BCUT2D eigenvalue weighted by atomic mass is 9.74. The van der Waals surface area contributed by atoms with Crippen LogP contribution in [0.2, 0.25) is 0 Å². The largest absolute Gasteiger partial charge is 0.490 e. The molecule has 2 aromatic carbocycles. The fourth-order valence-electron chi connectivity index (χ4n) is 4.95. The Bertz CT molecular complexity index is 1000. The number of rotatable bonds is 14. The van der Waals surface area contributed by atoms with Gasteiger partial charge in [-0.3, -0.25) is 0 Å². The molecule has 0 N–H and O–H groups in total. The summed E-state index contributed by atoms with van der Waals surface area (Å²) in [5.41, 5.74) is 0.972. The minimum atomic E-state index is 0.202. The Morgan fingerprint density at radius 3 is 1.27 bits per heavy atom. The summed E-state index contributed by atoms with van der Waals surface area (Å²) in [5, 5.41) is 0. The highest BCUT2D eigenvalue weighted by molar-refractivity contribution is 7.99.